The number of aromatic nitrogens is 2. The van der Waals surface area contributed by atoms with Crippen LogP contribution in [0.2, 0.25) is 0 Å². The van der Waals surface area contributed by atoms with Crippen molar-refractivity contribution in [3.05, 3.63) is 29.6 Å². The summed E-state index contributed by atoms with van der Waals surface area (Å²) in [7, 11) is 0. The fraction of sp³-hybridized carbons (Fsp3) is 0.600. The van der Waals surface area contributed by atoms with Gasteiger partial charge in [0.1, 0.15) is 0 Å². The average Bonchev–Trinajstić information content (AvgIpc) is 2.98. The van der Waals surface area contributed by atoms with Crippen LogP contribution < -0.4 is 0 Å². The van der Waals surface area contributed by atoms with Crippen LogP contribution in [0.3, 0.4) is 0 Å². The zero-order valence-corrected chi connectivity index (χ0v) is 15.3. The molecule has 6 nitrogen and oxygen atoms in total. The summed E-state index contributed by atoms with van der Waals surface area (Å²) in [5.41, 5.74) is 4.77. The van der Waals surface area contributed by atoms with Crippen molar-refractivity contribution in [3.8, 4) is 0 Å². The number of piperazine rings is 1. The number of rotatable bonds is 3. The van der Waals surface area contributed by atoms with Crippen LogP contribution >= 0.6 is 0 Å². The minimum absolute atomic E-state index is 0.288. The third kappa shape index (κ3) is 2.91. The van der Waals surface area contributed by atoms with Gasteiger partial charge in [0.05, 0.1) is 17.6 Å². The molecule has 4 heterocycles. The molecular formula is C20H27N5O. The Hall–Kier alpha value is -1.92. The van der Waals surface area contributed by atoms with Crippen molar-refractivity contribution in [2.24, 2.45) is 0 Å². The highest BCUT2D eigenvalue weighted by Gasteiger charge is 2.30. The number of carbonyl (C=O) groups is 1. The number of aromatic amines is 1. The van der Waals surface area contributed by atoms with Gasteiger partial charge < -0.3 is 9.88 Å². The highest BCUT2D eigenvalue weighted by molar-refractivity contribution is 5.81. The highest BCUT2D eigenvalue weighted by atomic mass is 16.2. The smallest absolute Gasteiger partial charge is 0.236 e. The first kappa shape index (κ1) is 16.3. The highest BCUT2D eigenvalue weighted by Crippen LogP contribution is 2.27. The lowest BCUT2D eigenvalue weighted by atomic mass is 9.91. The first-order chi connectivity index (χ1) is 12.8. The van der Waals surface area contributed by atoms with Crippen molar-refractivity contribution in [3.63, 3.8) is 0 Å². The molecule has 2 aliphatic heterocycles. The van der Waals surface area contributed by atoms with Crippen molar-refractivity contribution >= 4 is 16.9 Å². The number of H-pyrrole nitrogens is 1. The van der Waals surface area contributed by atoms with E-state index in [1.807, 2.05) is 12.3 Å². The van der Waals surface area contributed by atoms with Crippen LogP contribution in [0.25, 0.3) is 11.0 Å². The molecule has 0 radical (unpaired) electrons. The summed E-state index contributed by atoms with van der Waals surface area (Å²) in [6.45, 7) is 6.17. The van der Waals surface area contributed by atoms with Crippen LogP contribution in [-0.2, 0) is 17.8 Å². The second-order valence-corrected chi connectivity index (χ2v) is 7.94. The Kier molecular flexibility index (Phi) is 4.17. The minimum atomic E-state index is 0.288. The molecule has 1 aliphatic carbocycles. The van der Waals surface area contributed by atoms with Gasteiger partial charge in [-0.15, -0.1) is 0 Å². The molecular weight excluding hydrogens is 326 g/mol. The molecule has 0 bridgehead atoms. The summed E-state index contributed by atoms with van der Waals surface area (Å²) in [4.78, 5) is 27.7. The van der Waals surface area contributed by atoms with E-state index >= 15 is 0 Å². The molecule has 26 heavy (non-hydrogen) atoms. The molecule has 0 aromatic carbocycles. The van der Waals surface area contributed by atoms with E-state index in [9.17, 15) is 4.79 Å². The zero-order chi connectivity index (χ0) is 17.5. The molecule has 0 spiro atoms. The van der Waals surface area contributed by atoms with Crippen LogP contribution in [0.5, 0.6) is 0 Å². The van der Waals surface area contributed by atoms with Gasteiger partial charge in [0.15, 0.2) is 0 Å². The van der Waals surface area contributed by atoms with E-state index in [0.717, 1.165) is 62.8 Å². The Morgan fingerprint density at radius 2 is 2.04 bits per heavy atom. The molecule has 3 aliphatic rings. The van der Waals surface area contributed by atoms with E-state index in [-0.39, 0.29) is 5.91 Å². The standard InChI is InChI=1S/C20H27N5O/c26-19(25-11-9-24(10-12-25)15-3-1-4-15)14-23-8-6-16-18(13-23)22-17-5-2-7-21-20(16)17/h2,5,7,15,22H,1,3-4,6,8-14H2. The first-order valence-electron chi connectivity index (χ1n) is 9.96. The van der Waals surface area contributed by atoms with Crippen LogP contribution in [0, 0.1) is 0 Å². The Labute approximate surface area is 154 Å². The van der Waals surface area contributed by atoms with Crippen LogP contribution in [0.1, 0.15) is 30.5 Å². The molecule has 1 saturated carbocycles. The number of hydrogen-bond acceptors (Lipinski definition) is 4. The van der Waals surface area contributed by atoms with Crippen molar-refractivity contribution in [1.29, 1.82) is 0 Å². The number of nitrogens with one attached hydrogen (secondary N) is 1. The summed E-state index contributed by atoms with van der Waals surface area (Å²) >= 11 is 0. The van der Waals surface area contributed by atoms with E-state index in [4.69, 9.17) is 0 Å². The fourth-order valence-electron chi connectivity index (χ4n) is 4.62. The summed E-state index contributed by atoms with van der Waals surface area (Å²) in [6, 6.07) is 4.84. The van der Waals surface area contributed by atoms with E-state index in [1.54, 1.807) is 0 Å². The number of pyridine rings is 1. The molecule has 138 valence electrons. The molecule has 0 unspecified atom stereocenters. The molecule has 2 fully saturated rings. The Morgan fingerprint density at radius 1 is 1.19 bits per heavy atom. The Bertz CT molecular complexity index is 804. The summed E-state index contributed by atoms with van der Waals surface area (Å²) < 4.78 is 0. The topological polar surface area (TPSA) is 55.5 Å². The number of carbonyl (C=O) groups excluding carboxylic acids is 1. The van der Waals surface area contributed by atoms with Crippen LogP contribution in [-0.4, -0.2) is 75.9 Å². The zero-order valence-electron chi connectivity index (χ0n) is 15.3. The van der Waals surface area contributed by atoms with Gasteiger partial charge >= 0.3 is 0 Å². The molecule has 5 rings (SSSR count). The molecule has 0 atom stereocenters. The number of amides is 1. The average molecular weight is 353 g/mol. The summed E-state index contributed by atoms with van der Waals surface area (Å²) in [5.74, 6) is 0.288. The lowest BCUT2D eigenvalue weighted by Gasteiger charge is -2.43. The maximum Gasteiger partial charge on any atom is 0.236 e. The predicted octanol–water partition coefficient (Wildman–Crippen LogP) is 1.62. The number of fused-ring (bicyclic) bond motifs is 3. The molecule has 6 heteroatoms. The monoisotopic (exact) mass is 353 g/mol. The van der Waals surface area contributed by atoms with Crippen molar-refractivity contribution in [2.75, 3.05) is 39.3 Å². The minimum Gasteiger partial charge on any atom is -0.356 e. The molecule has 1 saturated heterocycles. The predicted molar refractivity (Wildman–Crippen MR) is 101 cm³/mol. The molecule has 2 aromatic rings. The van der Waals surface area contributed by atoms with Crippen LogP contribution in [0.15, 0.2) is 18.3 Å². The van der Waals surface area contributed by atoms with Crippen LogP contribution in [0.4, 0.5) is 0 Å². The second-order valence-electron chi connectivity index (χ2n) is 7.94. The van der Waals surface area contributed by atoms with Gasteiger partial charge in [0, 0.05) is 62.8 Å². The first-order valence-corrected chi connectivity index (χ1v) is 9.96. The fourth-order valence-corrected chi connectivity index (χ4v) is 4.62. The molecule has 2 aromatic heterocycles. The Morgan fingerprint density at radius 3 is 2.81 bits per heavy atom. The van der Waals surface area contributed by atoms with Gasteiger partial charge in [-0.2, -0.15) is 0 Å². The lowest BCUT2D eigenvalue weighted by Crippen LogP contribution is -2.55. The van der Waals surface area contributed by atoms with Gasteiger partial charge in [-0.3, -0.25) is 19.6 Å². The quantitative estimate of drug-likeness (QED) is 0.911. The normalized spacial score (nSPS) is 22.4. The largest absolute Gasteiger partial charge is 0.356 e. The third-order valence-electron chi connectivity index (χ3n) is 6.42. The SMILES string of the molecule is O=C(CN1CCc2c([nH]c3cccnc23)C1)N1CCN(C2CCC2)CC1. The molecule has 1 amide bonds. The van der Waals surface area contributed by atoms with E-state index in [2.05, 4.69) is 30.7 Å². The number of nitrogens with zero attached hydrogens (tertiary/aromatic N) is 4. The van der Waals surface area contributed by atoms with E-state index in [1.165, 1.54) is 30.5 Å². The van der Waals surface area contributed by atoms with Gasteiger partial charge in [-0.1, -0.05) is 6.42 Å². The van der Waals surface area contributed by atoms with Gasteiger partial charge in [-0.25, -0.2) is 0 Å². The van der Waals surface area contributed by atoms with Crippen molar-refractivity contribution < 1.29 is 4.79 Å². The summed E-state index contributed by atoms with van der Waals surface area (Å²) in [6.07, 6.45) is 6.90. The third-order valence-corrected chi connectivity index (χ3v) is 6.42. The summed E-state index contributed by atoms with van der Waals surface area (Å²) in [5, 5.41) is 0. The van der Waals surface area contributed by atoms with E-state index < -0.39 is 0 Å². The Balaban J connectivity index is 1.19. The van der Waals surface area contributed by atoms with Gasteiger partial charge in [-0.05, 0) is 31.4 Å². The number of hydrogen-bond donors (Lipinski definition) is 1. The van der Waals surface area contributed by atoms with E-state index in [0.29, 0.717) is 6.54 Å². The van der Waals surface area contributed by atoms with Gasteiger partial charge in [0.25, 0.3) is 0 Å². The second kappa shape index (κ2) is 6.67. The van der Waals surface area contributed by atoms with Gasteiger partial charge in [0.2, 0.25) is 5.91 Å². The maximum absolute atomic E-state index is 12.8. The van der Waals surface area contributed by atoms with Crippen molar-refractivity contribution in [2.45, 2.75) is 38.3 Å². The molecule has 1 N–H and O–H groups in total. The van der Waals surface area contributed by atoms with Crippen molar-refractivity contribution in [1.82, 2.24) is 24.7 Å². The maximum atomic E-state index is 12.8. The lowest BCUT2D eigenvalue weighted by molar-refractivity contribution is -0.135.